The van der Waals surface area contributed by atoms with Gasteiger partial charge in [-0.25, -0.2) is 0 Å². The van der Waals surface area contributed by atoms with Crippen molar-refractivity contribution in [3.8, 4) is 17.3 Å². The molecule has 0 saturated heterocycles. The second kappa shape index (κ2) is 3.89. The van der Waals surface area contributed by atoms with E-state index in [9.17, 15) is 0 Å². The molecule has 0 bridgehead atoms. The molecule has 0 amide bonds. The predicted molar refractivity (Wildman–Crippen MR) is 56.9 cm³/mol. The number of pyridine rings is 2. The highest BCUT2D eigenvalue weighted by Crippen LogP contribution is 2.16. The summed E-state index contributed by atoms with van der Waals surface area (Å²) in [6, 6.07) is 7.75. The molecular formula is C12H9N3. The third kappa shape index (κ3) is 2.00. The quantitative estimate of drug-likeness (QED) is 0.701. The molecule has 0 atom stereocenters. The number of aromatic nitrogens is 2. The molecule has 0 aliphatic heterocycles. The van der Waals surface area contributed by atoms with Crippen molar-refractivity contribution in [2.75, 3.05) is 0 Å². The molecule has 2 rings (SSSR count). The smallest absolute Gasteiger partial charge is 0.101 e. The molecule has 0 N–H and O–H groups in total. The van der Waals surface area contributed by atoms with Gasteiger partial charge in [-0.2, -0.15) is 5.26 Å². The van der Waals surface area contributed by atoms with Crippen molar-refractivity contribution in [3.63, 3.8) is 0 Å². The average Bonchev–Trinajstić information content (AvgIpc) is 2.30. The maximum absolute atomic E-state index is 8.74. The summed E-state index contributed by atoms with van der Waals surface area (Å²) in [7, 11) is 0. The Morgan fingerprint density at radius 3 is 2.73 bits per heavy atom. The summed E-state index contributed by atoms with van der Waals surface area (Å²) in [5, 5.41) is 8.74. The van der Waals surface area contributed by atoms with E-state index in [0.29, 0.717) is 5.56 Å². The number of rotatable bonds is 1. The molecule has 2 aromatic rings. The standard InChI is InChI=1S/C12H9N3/c1-9-2-3-12(15-6-9)11-4-10(5-13)7-14-8-11/h2-4,6-8H,1H3. The molecule has 0 saturated carbocycles. The van der Waals surface area contributed by atoms with Gasteiger partial charge in [0.25, 0.3) is 0 Å². The molecular weight excluding hydrogens is 186 g/mol. The Morgan fingerprint density at radius 2 is 2.07 bits per heavy atom. The number of hydrogen-bond acceptors (Lipinski definition) is 3. The van der Waals surface area contributed by atoms with Crippen LogP contribution in [0.25, 0.3) is 11.3 Å². The lowest BCUT2D eigenvalue weighted by atomic mass is 10.1. The fraction of sp³-hybridized carbons (Fsp3) is 0.0833. The van der Waals surface area contributed by atoms with Gasteiger partial charge in [0.2, 0.25) is 0 Å². The third-order valence-electron chi connectivity index (χ3n) is 2.07. The molecule has 0 spiro atoms. The first-order chi connectivity index (χ1) is 7.29. The summed E-state index contributed by atoms with van der Waals surface area (Å²) >= 11 is 0. The van der Waals surface area contributed by atoms with Crippen LogP contribution in [-0.2, 0) is 0 Å². The van der Waals surface area contributed by atoms with E-state index in [4.69, 9.17) is 5.26 Å². The Hall–Kier alpha value is -2.21. The first kappa shape index (κ1) is 9.35. The van der Waals surface area contributed by atoms with E-state index < -0.39 is 0 Å². The Labute approximate surface area is 88.1 Å². The van der Waals surface area contributed by atoms with Crippen LogP contribution in [0.2, 0.25) is 0 Å². The molecule has 2 heterocycles. The molecule has 0 unspecified atom stereocenters. The molecule has 3 nitrogen and oxygen atoms in total. The zero-order valence-corrected chi connectivity index (χ0v) is 8.31. The van der Waals surface area contributed by atoms with Gasteiger partial charge in [0.15, 0.2) is 0 Å². The Morgan fingerprint density at radius 1 is 1.20 bits per heavy atom. The molecule has 15 heavy (non-hydrogen) atoms. The van der Waals surface area contributed by atoms with Gasteiger partial charge < -0.3 is 0 Å². The second-order valence-corrected chi connectivity index (χ2v) is 3.29. The SMILES string of the molecule is Cc1ccc(-c2cncc(C#N)c2)nc1. The summed E-state index contributed by atoms with van der Waals surface area (Å²) in [4.78, 5) is 8.27. The number of hydrogen-bond donors (Lipinski definition) is 0. The zero-order chi connectivity index (χ0) is 10.7. The van der Waals surface area contributed by atoms with E-state index in [1.54, 1.807) is 18.5 Å². The molecule has 3 heteroatoms. The van der Waals surface area contributed by atoms with Crippen molar-refractivity contribution in [2.24, 2.45) is 0 Å². The lowest BCUT2D eigenvalue weighted by molar-refractivity contribution is 1.24. The van der Waals surface area contributed by atoms with Gasteiger partial charge >= 0.3 is 0 Å². The maximum Gasteiger partial charge on any atom is 0.101 e. The predicted octanol–water partition coefficient (Wildman–Crippen LogP) is 2.32. The summed E-state index contributed by atoms with van der Waals surface area (Å²) < 4.78 is 0. The zero-order valence-electron chi connectivity index (χ0n) is 8.31. The molecule has 0 aliphatic rings. The first-order valence-corrected chi connectivity index (χ1v) is 4.58. The lowest BCUT2D eigenvalue weighted by Gasteiger charge is -2.00. The summed E-state index contributed by atoms with van der Waals surface area (Å²) in [5.41, 5.74) is 3.37. The van der Waals surface area contributed by atoms with Gasteiger partial charge in [0.05, 0.1) is 11.3 Å². The van der Waals surface area contributed by atoms with Crippen LogP contribution in [0.15, 0.2) is 36.8 Å². The fourth-order valence-corrected chi connectivity index (χ4v) is 1.28. The van der Waals surface area contributed by atoms with Crippen LogP contribution in [0.5, 0.6) is 0 Å². The third-order valence-corrected chi connectivity index (χ3v) is 2.07. The van der Waals surface area contributed by atoms with Crippen molar-refractivity contribution in [1.29, 1.82) is 5.26 Å². The first-order valence-electron chi connectivity index (χ1n) is 4.58. The molecule has 0 radical (unpaired) electrons. The Balaban J connectivity index is 2.46. The number of nitrogens with zero attached hydrogens (tertiary/aromatic N) is 3. The normalized spacial score (nSPS) is 9.60. The van der Waals surface area contributed by atoms with Crippen LogP contribution in [-0.4, -0.2) is 9.97 Å². The van der Waals surface area contributed by atoms with Gasteiger partial charge in [-0.3, -0.25) is 9.97 Å². The number of nitriles is 1. The molecule has 0 aliphatic carbocycles. The van der Waals surface area contributed by atoms with E-state index >= 15 is 0 Å². The van der Waals surface area contributed by atoms with E-state index in [2.05, 4.69) is 16.0 Å². The van der Waals surface area contributed by atoms with Crippen LogP contribution in [0.4, 0.5) is 0 Å². The summed E-state index contributed by atoms with van der Waals surface area (Å²) in [6.07, 6.45) is 5.05. The Kier molecular flexibility index (Phi) is 2.42. The van der Waals surface area contributed by atoms with Crippen LogP contribution in [0.3, 0.4) is 0 Å². The highest BCUT2D eigenvalue weighted by atomic mass is 14.7. The molecule has 0 aromatic carbocycles. The minimum Gasteiger partial charge on any atom is -0.263 e. The van der Waals surface area contributed by atoms with E-state index in [1.165, 1.54) is 6.20 Å². The van der Waals surface area contributed by atoms with Gasteiger partial charge in [0.1, 0.15) is 6.07 Å². The Bertz CT molecular complexity index is 509. The molecule has 0 fully saturated rings. The van der Waals surface area contributed by atoms with Crippen LogP contribution >= 0.6 is 0 Å². The summed E-state index contributed by atoms with van der Waals surface area (Å²) in [5.74, 6) is 0. The number of aryl methyl sites for hydroxylation is 1. The van der Waals surface area contributed by atoms with Gasteiger partial charge in [-0.15, -0.1) is 0 Å². The second-order valence-electron chi connectivity index (χ2n) is 3.29. The maximum atomic E-state index is 8.74. The van der Waals surface area contributed by atoms with Crippen LogP contribution in [0.1, 0.15) is 11.1 Å². The lowest BCUT2D eigenvalue weighted by Crippen LogP contribution is -1.86. The van der Waals surface area contributed by atoms with E-state index in [0.717, 1.165) is 16.8 Å². The molecule has 2 aromatic heterocycles. The van der Waals surface area contributed by atoms with Crippen LogP contribution in [0, 0.1) is 18.3 Å². The topological polar surface area (TPSA) is 49.6 Å². The largest absolute Gasteiger partial charge is 0.263 e. The van der Waals surface area contributed by atoms with Crippen molar-refractivity contribution in [2.45, 2.75) is 6.92 Å². The minimum absolute atomic E-state index is 0.551. The van der Waals surface area contributed by atoms with Gasteiger partial charge in [0, 0.05) is 24.2 Å². The van der Waals surface area contributed by atoms with Crippen molar-refractivity contribution >= 4 is 0 Å². The monoisotopic (exact) mass is 195 g/mol. The average molecular weight is 195 g/mol. The highest BCUT2D eigenvalue weighted by Gasteiger charge is 2.00. The van der Waals surface area contributed by atoms with E-state index in [1.807, 2.05) is 19.1 Å². The van der Waals surface area contributed by atoms with Gasteiger partial charge in [-0.05, 0) is 24.6 Å². The van der Waals surface area contributed by atoms with Crippen molar-refractivity contribution in [1.82, 2.24) is 9.97 Å². The van der Waals surface area contributed by atoms with Crippen molar-refractivity contribution < 1.29 is 0 Å². The summed E-state index contributed by atoms with van der Waals surface area (Å²) in [6.45, 7) is 1.99. The highest BCUT2D eigenvalue weighted by molar-refractivity contribution is 5.59. The van der Waals surface area contributed by atoms with Crippen molar-refractivity contribution in [3.05, 3.63) is 47.9 Å². The minimum atomic E-state index is 0.551. The van der Waals surface area contributed by atoms with Gasteiger partial charge in [-0.1, -0.05) is 6.07 Å². The fourth-order valence-electron chi connectivity index (χ4n) is 1.28. The van der Waals surface area contributed by atoms with Crippen LogP contribution < -0.4 is 0 Å². The van der Waals surface area contributed by atoms with E-state index in [-0.39, 0.29) is 0 Å². The molecule has 72 valence electrons.